The highest BCUT2D eigenvalue weighted by Gasteiger charge is 2.17. The molecule has 96 valence electrons. The van der Waals surface area contributed by atoms with Gasteiger partial charge in [-0.2, -0.15) is 0 Å². The molecule has 0 radical (unpaired) electrons. The average molecular weight is 242 g/mol. The number of aliphatic imine (C=N–C) groups is 1. The molecule has 0 rings (SSSR count). The quantitative estimate of drug-likeness (QED) is 0.393. The van der Waals surface area contributed by atoms with Crippen LogP contribution in [0.3, 0.4) is 0 Å². The van der Waals surface area contributed by atoms with Crippen LogP contribution in [-0.4, -0.2) is 37.6 Å². The van der Waals surface area contributed by atoms with Crippen molar-refractivity contribution in [2.24, 2.45) is 4.99 Å². The Hall–Kier alpha value is -0.313. The maximum absolute atomic E-state index is 4.62. The fourth-order valence-electron chi connectivity index (χ4n) is 1.40. The molecule has 3 heteroatoms. The summed E-state index contributed by atoms with van der Waals surface area (Å²) in [7, 11) is -1.03. The van der Waals surface area contributed by atoms with Crippen molar-refractivity contribution in [3.05, 3.63) is 0 Å². The second kappa shape index (κ2) is 6.43. The molecule has 0 fully saturated rings. The summed E-state index contributed by atoms with van der Waals surface area (Å²) in [5.74, 6) is 0. The summed E-state index contributed by atoms with van der Waals surface area (Å²) < 4.78 is 0. The predicted molar refractivity (Wildman–Crippen MR) is 78.1 cm³/mol. The second-order valence-electron chi connectivity index (χ2n) is 6.80. The number of nitrogens with zero attached hydrogens (tertiary/aromatic N) is 2. The van der Waals surface area contributed by atoms with Crippen LogP contribution < -0.4 is 0 Å². The third-order valence-electron chi connectivity index (χ3n) is 2.08. The van der Waals surface area contributed by atoms with E-state index >= 15 is 0 Å². The third kappa shape index (κ3) is 10.2. The van der Waals surface area contributed by atoms with Crippen LogP contribution in [0.5, 0.6) is 0 Å². The molecule has 0 aromatic carbocycles. The van der Waals surface area contributed by atoms with Crippen LogP contribution in [-0.2, 0) is 0 Å². The number of hydrogen-bond donors (Lipinski definition) is 0. The molecule has 0 heterocycles. The van der Waals surface area contributed by atoms with Crippen LogP contribution in [0.25, 0.3) is 0 Å². The normalized spacial score (nSPS) is 13.4. The molecule has 0 aliphatic carbocycles. The third-order valence-corrected chi connectivity index (χ3v) is 3.44. The molecule has 0 N–H and O–H groups in total. The minimum Gasteiger partial charge on any atom is -0.366 e. The Morgan fingerprint density at radius 3 is 2.12 bits per heavy atom. The van der Waals surface area contributed by atoms with Crippen molar-refractivity contribution in [3.63, 3.8) is 0 Å². The van der Waals surface area contributed by atoms with E-state index in [4.69, 9.17) is 0 Å². The molecule has 16 heavy (non-hydrogen) atoms. The zero-order valence-electron chi connectivity index (χ0n) is 12.3. The van der Waals surface area contributed by atoms with Gasteiger partial charge in [-0.05, 0) is 27.2 Å². The van der Waals surface area contributed by atoms with Gasteiger partial charge in [0.2, 0.25) is 0 Å². The van der Waals surface area contributed by atoms with Gasteiger partial charge in [-0.15, -0.1) is 0 Å². The van der Waals surface area contributed by atoms with Crippen molar-refractivity contribution in [1.29, 1.82) is 0 Å². The first-order chi connectivity index (χ1) is 7.14. The molecule has 0 saturated heterocycles. The van der Waals surface area contributed by atoms with Gasteiger partial charge in [-0.1, -0.05) is 33.0 Å². The molecule has 0 unspecified atom stereocenters. The monoisotopic (exact) mass is 242 g/mol. The molecule has 0 aromatic heterocycles. The lowest BCUT2D eigenvalue weighted by Crippen LogP contribution is -2.40. The lowest BCUT2D eigenvalue weighted by molar-refractivity contribution is 0.459. The Balaban J connectivity index is 4.37. The zero-order chi connectivity index (χ0) is 12.8. The maximum atomic E-state index is 4.62. The minimum absolute atomic E-state index is 0.0455. The second-order valence-corrected chi connectivity index (χ2v) is 12.2. The molecular weight excluding hydrogens is 212 g/mol. The molecule has 0 aliphatic heterocycles. The van der Waals surface area contributed by atoms with Crippen molar-refractivity contribution >= 4 is 14.4 Å². The average Bonchev–Trinajstić information content (AvgIpc) is 2.06. The SMILES string of the molecule is CCCCN(C=NC(C)(C)C)C[Si](C)(C)C. The number of unbranched alkanes of at least 4 members (excludes halogenated alkanes) is 1. The van der Waals surface area contributed by atoms with E-state index < -0.39 is 8.07 Å². The molecule has 0 atom stereocenters. The molecule has 0 bridgehead atoms. The van der Waals surface area contributed by atoms with E-state index in [0.29, 0.717) is 0 Å². The van der Waals surface area contributed by atoms with Crippen molar-refractivity contribution in [1.82, 2.24) is 4.90 Å². The van der Waals surface area contributed by atoms with E-state index in [0.717, 1.165) is 6.54 Å². The lowest BCUT2D eigenvalue weighted by Gasteiger charge is -2.28. The molecule has 0 amide bonds. The summed E-state index contributed by atoms with van der Waals surface area (Å²) in [4.78, 5) is 7.03. The number of rotatable bonds is 6. The first-order valence-electron chi connectivity index (χ1n) is 6.43. The van der Waals surface area contributed by atoms with E-state index in [1.54, 1.807) is 0 Å². The first kappa shape index (κ1) is 15.7. The highest BCUT2D eigenvalue weighted by atomic mass is 28.3. The highest BCUT2D eigenvalue weighted by molar-refractivity contribution is 6.76. The Bertz CT molecular complexity index is 211. The van der Waals surface area contributed by atoms with Crippen LogP contribution in [0.2, 0.25) is 19.6 Å². The van der Waals surface area contributed by atoms with Gasteiger partial charge in [0.15, 0.2) is 0 Å². The maximum Gasteiger partial charge on any atom is 0.0853 e. The van der Waals surface area contributed by atoms with Crippen LogP contribution in [0.15, 0.2) is 4.99 Å². The van der Waals surface area contributed by atoms with Gasteiger partial charge in [-0.25, -0.2) is 0 Å². The summed E-state index contributed by atoms with van der Waals surface area (Å²) >= 11 is 0. The summed E-state index contributed by atoms with van der Waals surface area (Å²) in [6, 6.07) is 0. The van der Waals surface area contributed by atoms with Crippen molar-refractivity contribution < 1.29 is 0 Å². The van der Waals surface area contributed by atoms with Gasteiger partial charge < -0.3 is 4.90 Å². The lowest BCUT2D eigenvalue weighted by atomic mass is 10.1. The molecule has 0 aromatic rings. The summed E-state index contributed by atoms with van der Waals surface area (Å²) in [5.41, 5.74) is 0.0455. The van der Waals surface area contributed by atoms with Crippen LogP contribution >= 0.6 is 0 Å². The number of hydrogen-bond acceptors (Lipinski definition) is 1. The van der Waals surface area contributed by atoms with Crippen molar-refractivity contribution in [2.45, 2.75) is 65.7 Å². The fourth-order valence-corrected chi connectivity index (χ4v) is 2.86. The Kier molecular flexibility index (Phi) is 6.30. The smallest absolute Gasteiger partial charge is 0.0853 e. The summed E-state index contributed by atoms with van der Waals surface area (Å²) in [5, 5.41) is 0. The van der Waals surface area contributed by atoms with Gasteiger partial charge in [0.05, 0.1) is 20.0 Å². The molecule has 0 saturated carbocycles. The predicted octanol–water partition coefficient (Wildman–Crippen LogP) is 3.79. The molecule has 0 spiro atoms. The van der Waals surface area contributed by atoms with Crippen LogP contribution in [0.1, 0.15) is 40.5 Å². The van der Waals surface area contributed by atoms with E-state index in [1.165, 1.54) is 19.0 Å². The fraction of sp³-hybridized carbons (Fsp3) is 0.923. The Labute approximate surface area is 103 Å². The Morgan fingerprint density at radius 2 is 1.75 bits per heavy atom. The largest absolute Gasteiger partial charge is 0.366 e. The first-order valence-corrected chi connectivity index (χ1v) is 10.1. The van der Waals surface area contributed by atoms with Crippen molar-refractivity contribution in [2.75, 3.05) is 12.7 Å². The van der Waals surface area contributed by atoms with E-state index in [9.17, 15) is 0 Å². The zero-order valence-corrected chi connectivity index (χ0v) is 13.3. The molecular formula is C13H30N2Si. The molecule has 0 aliphatic rings. The summed E-state index contributed by atoms with van der Waals surface area (Å²) in [6.07, 6.45) is 5.81. The van der Waals surface area contributed by atoms with Crippen LogP contribution in [0.4, 0.5) is 0 Å². The standard InChI is InChI=1S/C13H30N2Si/c1-8-9-10-15(12-16(5,6)7)11-14-13(2,3)4/h11H,8-10,12H2,1-7H3. The minimum atomic E-state index is -1.03. The highest BCUT2D eigenvalue weighted by Crippen LogP contribution is 2.08. The summed E-state index contributed by atoms with van der Waals surface area (Å²) in [6.45, 7) is 17.1. The van der Waals surface area contributed by atoms with Crippen molar-refractivity contribution in [3.8, 4) is 0 Å². The van der Waals surface area contributed by atoms with Gasteiger partial charge in [-0.3, -0.25) is 4.99 Å². The topological polar surface area (TPSA) is 15.6 Å². The Morgan fingerprint density at radius 1 is 1.19 bits per heavy atom. The van der Waals surface area contributed by atoms with Gasteiger partial charge in [0.25, 0.3) is 0 Å². The van der Waals surface area contributed by atoms with Crippen LogP contribution in [0, 0.1) is 0 Å². The van der Waals surface area contributed by atoms with E-state index in [-0.39, 0.29) is 5.54 Å². The van der Waals surface area contributed by atoms with Gasteiger partial charge >= 0.3 is 0 Å². The van der Waals surface area contributed by atoms with Gasteiger partial charge in [0.1, 0.15) is 0 Å². The van der Waals surface area contributed by atoms with E-state index in [2.05, 4.69) is 63.6 Å². The van der Waals surface area contributed by atoms with E-state index in [1.807, 2.05) is 0 Å². The molecule has 2 nitrogen and oxygen atoms in total. The van der Waals surface area contributed by atoms with Gasteiger partial charge in [0, 0.05) is 12.7 Å².